The number of hydrogen-bond donors (Lipinski definition) is 0. The monoisotopic (exact) mass is 447 g/mol. The Morgan fingerprint density at radius 3 is 2.58 bits per heavy atom. The summed E-state index contributed by atoms with van der Waals surface area (Å²) in [5.41, 5.74) is 0.798. The second-order valence-corrected chi connectivity index (χ2v) is 9.26. The lowest BCUT2D eigenvalue weighted by molar-refractivity contribution is -0.130. The molecular weight excluding hydrogens is 420 g/mol. The second kappa shape index (κ2) is 8.78. The van der Waals surface area contributed by atoms with E-state index < -0.39 is 17.0 Å². The molecule has 6 heteroatoms. The molecule has 1 heterocycles. The Morgan fingerprint density at radius 1 is 1.19 bits per heavy atom. The molecule has 1 aliphatic heterocycles. The summed E-state index contributed by atoms with van der Waals surface area (Å²) >= 11 is 6.08. The van der Waals surface area contributed by atoms with E-state index in [1.165, 1.54) is 6.07 Å². The number of fused-ring (bicyclic) bond motifs is 3. The molecule has 1 saturated carbocycles. The fraction of sp³-hybridized carbons (Fsp3) is 0.480. The van der Waals surface area contributed by atoms with E-state index in [-0.39, 0.29) is 23.5 Å². The third kappa shape index (κ3) is 4.05. The van der Waals surface area contributed by atoms with Gasteiger partial charge in [0.05, 0.1) is 6.61 Å². The van der Waals surface area contributed by atoms with Gasteiger partial charge in [0.25, 0.3) is 0 Å². The molecule has 0 radical (unpaired) electrons. The Labute approximate surface area is 187 Å². The maximum absolute atomic E-state index is 15.3. The summed E-state index contributed by atoms with van der Waals surface area (Å²) in [6.45, 7) is 5.10. The lowest BCUT2D eigenvalue weighted by Gasteiger charge is -2.52. The van der Waals surface area contributed by atoms with E-state index >= 15 is 4.39 Å². The molecule has 31 heavy (non-hydrogen) atoms. The van der Waals surface area contributed by atoms with Gasteiger partial charge in [0.2, 0.25) is 5.91 Å². The number of halogens is 3. The topological polar surface area (TPSA) is 29.5 Å². The number of ether oxygens (including phenoxy) is 1. The smallest absolute Gasteiger partial charge is 0.219 e. The van der Waals surface area contributed by atoms with Gasteiger partial charge in [-0.25, -0.2) is 8.78 Å². The first kappa shape index (κ1) is 22.1. The quantitative estimate of drug-likeness (QED) is 0.581. The molecule has 0 N–H and O–H groups in total. The van der Waals surface area contributed by atoms with E-state index in [1.807, 2.05) is 36.1 Å². The van der Waals surface area contributed by atoms with Crippen LogP contribution in [0.5, 0.6) is 5.75 Å². The first-order valence-electron chi connectivity index (χ1n) is 11.0. The summed E-state index contributed by atoms with van der Waals surface area (Å²) in [5.74, 6) is -0.730. The standard InChI is InChI=1S/C25H28ClF2NO2/c1-3-29(16(2)30)14-18-5-4-12-25(13-17-6-8-19(26)9-7-17)20(18)15-31-24-22(28)11-10-21(27)23(24)25/h6-11,18,20H,3-5,12-15H2,1-2H3/t18-,20?,25-/m0/s1. The summed E-state index contributed by atoms with van der Waals surface area (Å²) < 4.78 is 35.8. The third-order valence-electron chi connectivity index (χ3n) is 7.16. The molecule has 3 atom stereocenters. The maximum atomic E-state index is 15.3. The summed E-state index contributed by atoms with van der Waals surface area (Å²) in [5, 5.41) is 0.643. The van der Waals surface area contributed by atoms with Gasteiger partial charge in [0, 0.05) is 41.9 Å². The molecule has 3 nitrogen and oxygen atoms in total. The molecule has 4 rings (SSSR count). The van der Waals surface area contributed by atoms with Crippen molar-refractivity contribution >= 4 is 17.5 Å². The second-order valence-electron chi connectivity index (χ2n) is 8.82. The number of benzene rings is 2. The van der Waals surface area contributed by atoms with Crippen LogP contribution < -0.4 is 4.74 Å². The van der Waals surface area contributed by atoms with E-state index in [1.54, 1.807) is 6.92 Å². The summed E-state index contributed by atoms with van der Waals surface area (Å²) in [6, 6.07) is 9.93. The predicted octanol–water partition coefficient (Wildman–Crippen LogP) is 5.78. The van der Waals surface area contributed by atoms with Crippen LogP contribution in [-0.2, 0) is 16.6 Å². The zero-order valence-electron chi connectivity index (χ0n) is 18.0. The third-order valence-corrected chi connectivity index (χ3v) is 7.41. The van der Waals surface area contributed by atoms with Crippen molar-refractivity contribution in [3.8, 4) is 5.75 Å². The van der Waals surface area contributed by atoms with Gasteiger partial charge in [0.15, 0.2) is 11.6 Å². The van der Waals surface area contributed by atoms with Gasteiger partial charge >= 0.3 is 0 Å². The Kier molecular flexibility index (Phi) is 6.25. The van der Waals surface area contributed by atoms with Crippen LogP contribution in [0.15, 0.2) is 36.4 Å². The minimum atomic E-state index is -0.591. The first-order chi connectivity index (χ1) is 14.9. The minimum Gasteiger partial charge on any atom is -0.490 e. The summed E-state index contributed by atoms with van der Waals surface area (Å²) in [4.78, 5) is 13.9. The molecule has 166 valence electrons. The van der Waals surface area contributed by atoms with Crippen molar-refractivity contribution in [1.82, 2.24) is 4.90 Å². The molecule has 0 bridgehead atoms. The summed E-state index contributed by atoms with van der Waals surface area (Å²) in [7, 11) is 0. The van der Waals surface area contributed by atoms with Crippen molar-refractivity contribution in [3.63, 3.8) is 0 Å². The Hall–Kier alpha value is -2.14. The Morgan fingerprint density at radius 2 is 1.90 bits per heavy atom. The van der Waals surface area contributed by atoms with Gasteiger partial charge in [0.1, 0.15) is 5.82 Å². The van der Waals surface area contributed by atoms with Crippen molar-refractivity contribution in [2.75, 3.05) is 19.7 Å². The molecule has 2 aliphatic rings. The number of nitrogens with zero attached hydrogens (tertiary/aromatic N) is 1. The highest BCUT2D eigenvalue weighted by atomic mass is 35.5. The lowest BCUT2D eigenvalue weighted by Crippen LogP contribution is -2.53. The van der Waals surface area contributed by atoms with E-state index in [4.69, 9.17) is 16.3 Å². The lowest BCUT2D eigenvalue weighted by atomic mass is 9.55. The zero-order valence-corrected chi connectivity index (χ0v) is 18.7. The van der Waals surface area contributed by atoms with Crippen molar-refractivity contribution in [2.45, 2.75) is 44.9 Å². The Balaban J connectivity index is 1.81. The Bertz CT molecular complexity index is 965. The van der Waals surface area contributed by atoms with Crippen LogP contribution in [0, 0.1) is 23.5 Å². The highest BCUT2D eigenvalue weighted by Crippen LogP contribution is 2.55. The van der Waals surface area contributed by atoms with Crippen LogP contribution in [0.25, 0.3) is 0 Å². The fourth-order valence-electron chi connectivity index (χ4n) is 5.69. The highest BCUT2D eigenvalue weighted by molar-refractivity contribution is 6.30. The molecule has 1 amide bonds. The van der Waals surface area contributed by atoms with E-state index in [9.17, 15) is 9.18 Å². The van der Waals surface area contributed by atoms with E-state index in [0.29, 0.717) is 36.7 Å². The molecule has 2 aromatic carbocycles. The number of carbonyl (C=O) groups is 1. The zero-order chi connectivity index (χ0) is 22.2. The van der Waals surface area contributed by atoms with E-state index in [2.05, 4.69) is 0 Å². The highest BCUT2D eigenvalue weighted by Gasteiger charge is 2.52. The first-order valence-corrected chi connectivity index (χ1v) is 11.3. The van der Waals surface area contributed by atoms with Crippen LogP contribution in [0.2, 0.25) is 5.02 Å². The molecule has 2 aromatic rings. The van der Waals surface area contributed by atoms with Crippen molar-refractivity contribution in [2.24, 2.45) is 11.8 Å². The van der Waals surface area contributed by atoms with Crippen LogP contribution in [0.4, 0.5) is 8.78 Å². The van der Waals surface area contributed by atoms with Crippen LogP contribution >= 0.6 is 11.6 Å². The molecule has 1 unspecified atom stereocenters. The van der Waals surface area contributed by atoms with Crippen molar-refractivity contribution in [1.29, 1.82) is 0 Å². The van der Waals surface area contributed by atoms with Crippen LogP contribution in [0.3, 0.4) is 0 Å². The largest absolute Gasteiger partial charge is 0.490 e. The SMILES string of the molecule is CCN(C[C@@H]1CCC[C@@]2(Cc3ccc(Cl)cc3)c3c(F)ccc(F)c3OCC12)C(C)=O. The van der Waals surface area contributed by atoms with Crippen molar-refractivity contribution in [3.05, 3.63) is 64.2 Å². The summed E-state index contributed by atoms with van der Waals surface area (Å²) in [6.07, 6.45) is 3.15. The van der Waals surface area contributed by atoms with Gasteiger partial charge in [-0.2, -0.15) is 0 Å². The van der Waals surface area contributed by atoms with Crippen molar-refractivity contribution < 1.29 is 18.3 Å². The van der Waals surface area contributed by atoms with Gasteiger partial charge in [-0.1, -0.05) is 30.2 Å². The molecule has 0 aromatic heterocycles. The molecule has 1 fully saturated rings. The number of carbonyl (C=O) groups excluding carboxylic acids is 1. The van der Waals surface area contributed by atoms with Gasteiger partial charge in [-0.3, -0.25) is 4.79 Å². The molecule has 0 saturated heterocycles. The van der Waals surface area contributed by atoms with Gasteiger partial charge in [-0.05, 0) is 61.9 Å². The average Bonchev–Trinajstić information content (AvgIpc) is 2.75. The predicted molar refractivity (Wildman–Crippen MR) is 117 cm³/mol. The molecule has 0 spiro atoms. The molecule has 1 aliphatic carbocycles. The van der Waals surface area contributed by atoms with Gasteiger partial charge in [-0.15, -0.1) is 0 Å². The van der Waals surface area contributed by atoms with Crippen LogP contribution in [-0.4, -0.2) is 30.5 Å². The number of hydrogen-bond acceptors (Lipinski definition) is 2. The normalized spacial score (nSPS) is 24.7. The van der Waals surface area contributed by atoms with E-state index in [0.717, 1.165) is 30.9 Å². The van der Waals surface area contributed by atoms with Crippen LogP contribution in [0.1, 0.15) is 44.2 Å². The maximum Gasteiger partial charge on any atom is 0.219 e. The molecular formula is C25H28ClF2NO2. The average molecular weight is 448 g/mol. The number of amides is 1. The number of rotatable bonds is 5. The fourth-order valence-corrected chi connectivity index (χ4v) is 5.82. The minimum absolute atomic E-state index is 0.0193. The van der Waals surface area contributed by atoms with Gasteiger partial charge < -0.3 is 9.64 Å².